The number of carbonyl (C=O) groups is 1. The van der Waals surface area contributed by atoms with Crippen molar-refractivity contribution in [1.82, 2.24) is 0 Å². The maximum atomic E-state index is 13.3. The van der Waals surface area contributed by atoms with E-state index in [4.69, 9.17) is 9.84 Å². The van der Waals surface area contributed by atoms with E-state index in [0.29, 0.717) is 5.56 Å². The van der Waals surface area contributed by atoms with Crippen molar-refractivity contribution in [2.45, 2.75) is 11.8 Å². The lowest BCUT2D eigenvalue weighted by atomic mass is 10.2. The van der Waals surface area contributed by atoms with Crippen molar-refractivity contribution in [3.05, 3.63) is 53.3 Å². The summed E-state index contributed by atoms with van der Waals surface area (Å²) in [5, 5.41) is 9.00. The third kappa shape index (κ3) is 3.59. The number of ether oxygens (including phenoxy) is 1. The minimum Gasteiger partial charge on any atom is -0.495 e. The summed E-state index contributed by atoms with van der Waals surface area (Å²) in [6.07, 6.45) is 0. The Morgan fingerprint density at radius 3 is 2.52 bits per heavy atom. The number of halogens is 1. The SMILES string of the molecule is COc1ccc(C(=O)O)cc1S(=O)(=O)Nc1cc(F)ccc1C. The largest absolute Gasteiger partial charge is 0.495 e. The Balaban J connectivity index is 2.52. The van der Waals surface area contributed by atoms with Gasteiger partial charge in [-0.1, -0.05) is 6.07 Å². The van der Waals surface area contributed by atoms with Gasteiger partial charge in [0.05, 0.1) is 18.4 Å². The molecule has 0 aliphatic rings. The van der Waals surface area contributed by atoms with E-state index in [1.165, 1.54) is 31.4 Å². The van der Waals surface area contributed by atoms with E-state index in [0.717, 1.165) is 12.1 Å². The summed E-state index contributed by atoms with van der Waals surface area (Å²) in [6.45, 7) is 1.61. The van der Waals surface area contributed by atoms with Crippen molar-refractivity contribution in [3.63, 3.8) is 0 Å². The lowest BCUT2D eigenvalue weighted by Gasteiger charge is -2.13. The zero-order chi connectivity index (χ0) is 17.2. The zero-order valence-corrected chi connectivity index (χ0v) is 13.1. The normalized spacial score (nSPS) is 11.1. The number of aromatic carboxylic acids is 1. The summed E-state index contributed by atoms with van der Waals surface area (Å²) in [6, 6.07) is 7.14. The van der Waals surface area contributed by atoms with Crippen LogP contribution in [0.2, 0.25) is 0 Å². The van der Waals surface area contributed by atoms with Crippen molar-refractivity contribution in [2.75, 3.05) is 11.8 Å². The molecule has 0 bridgehead atoms. The van der Waals surface area contributed by atoms with Gasteiger partial charge in [0.2, 0.25) is 0 Å². The molecule has 0 heterocycles. The molecule has 0 aliphatic carbocycles. The lowest BCUT2D eigenvalue weighted by Crippen LogP contribution is -2.16. The topological polar surface area (TPSA) is 92.7 Å². The summed E-state index contributed by atoms with van der Waals surface area (Å²) in [7, 11) is -2.89. The molecule has 2 aromatic carbocycles. The molecule has 0 atom stereocenters. The number of aryl methyl sites for hydroxylation is 1. The monoisotopic (exact) mass is 339 g/mol. The Hall–Kier alpha value is -2.61. The molecule has 2 N–H and O–H groups in total. The van der Waals surface area contributed by atoms with Crippen LogP contribution >= 0.6 is 0 Å². The van der Waals surface area contributed by atoms with Crippen LogP contribution in [0, 0.1) is 12.7 Å². The standard InChI is InChI=1S/C15H14FNO5S/c1-9-3-5-11(16)8-12(9)17-23(20,21)14-7-10(15(18)19)4-6-13(14)22-2/h3-8,17H,1-2H3,(H,18,19). The first-order valence-electron chi connectivity index (χ1n) is 6.45. The smallest absolute Gasteiger partial charge is 0.335 e. The van der Waals surface area contributed by atoms with Crippen molar-refractivity contribution < 1.29 is 27.4 Å². The molecule has 0 radical (unpaired) electrons. The molecule has 8 heteroatoms. The van der Waals surface area contributed by atoms with Crippen LogP contribution < -0.4 is 9.46 Å². The van der Waals surface area contributed by atoms with Gasteiger partial charge in [0, 0.05) is 0 Å². The van der Waals surface area contributed by atoms with Gasteiger partial charge in [-0.2, -0.15) is 0 Å². The second kappa shape index (κ2) is 6.25. The maximum Gasteiger partial charge on any atom is 0.335 e. The molecule has 6 nitrogen and oxygen atoms in total. The molecule has 0 unspecified atom stereocenters. The number of carboxylic acids is 1. The van der Waals surface area contributed by atoms with Crippen molar-refractivity contribution in [3.8, 4) is 5.75 Å². The second-order valence-corrected chi connectivity index (χ2v) is 6.39. The molecule has 122 valence electrons. The van der Waals surface area contributed by atoms with Gasteiger partial charge in [-0.25, -0.2) is 17.6 Å². The number of carboxylic acid groups (broad SMARTS) is 1. The first kappa shape index (κ1) is 16.8. The van der Waals surface area contributed by atoms with Crippen LogP contribution in [0.4, 0.5) is 10.1 Å². The first-order chi connectivity index (χ1) is 10.7. The van der Waals surface area contributed by atoms with Crippen LogP contribution in [0.15, 0.2) is 41.3 Å². The van der Waals surface area contributed by atoms with E-state index in [2.05, 4.69) is 4.72 Å². The average molecular weight is 339 g/mol. The fourth-order valence-electron chi connectivity index (χ4n) is 1.92. The van der Waals surface area contributed by atoms with E-state index >= 15 is 0 Å². The van der Waals surface area contributed by atoms with Gasteiger partial charge in [-0.15, -0.1) is 0 Å². The van der Waals surface area contributed by atoms with Crippen molar-refractivity contribution in [2.24, 2.45) is 0 Å². The van der Waals surface area contributed by atoms with Gasteiger partial charge in [-0.05, 0) is 42.8 Å². The van der Waals surface area contributed by atoms with E-state index in [1.54, 1.807) is 6.92 Å². The number of anilines is 1. The number of hydrogen-bond donors (Lipinski definition) is 2. The molecule has 23 heavy (non-hydrogen) atoms. The van der Waals surface area contributed by atoms with Crippen LogP contribution in [0.3, 0.4) is 0 Å². The van der Waals surface area contributed by atoms with E-state index in [9.17, 15) is 17.6 Å². The highest BCUT2D eigenvalue weighted by Crippen LogP contribution is 2.28. The van der Waals surface area contributed by atoms with Gasteiger partial charge >= 0.3 is 5.97 Å². The highest BCUT2D eigenvalue weighted by Gasteiger charge is 2.22. The predicted molar refractivity (Wildman–Crippen MR) is 81.9 cm³/mol. The molecule has 0 fully saturated rings. The van der Waals surface area contributed by atoms with Crippen LogP contribution in [0.1, 0.15) is 15.9 Å². The van der Waals surface area contributed by atoms with Gasteiger partial charge in [0.1, 0.15) is 16.5 Å². The van der Waals surface area contributed by atoms with Gasteiger partial charge in [0.25, 0.3) is 10.0 Å². The van der Waals surface area contributed by atoms with Crippen molar-refractivity contribution in [1.29, 1.82) is 0 Å². The Morgan fingerprint density at radius 2 is 1.91 bits per heavy atom. The number of sulfonamides is 1. The molecule has 2 rings (SSSR count). The molecular formula is C15H14FNO5S. The summed E-state index contributed by atoms with van der Waals surface area (Å²) in [5.74, 6) is -1.89. The van der Waals surface area contributed by atoms with Crippen LogP contribution in [0.25, 0.3) is 0 Å². The van der Waals surface area contributed by atoms with Crippen molar-refractivity contribution >= 4 is 21.7 Å². The number of benzene rings is 2. The Labute approximate surface area is 132 Å². The first-order valence-corrected chi connectivity index (χ1v) is 7.93. The highest BCUT2D eigenvalue weighted by atomic mass is 32.2. The molecule has 2 aromatic rings. The van der Waals surface area contributed by atoms with Gasteiger partial charge in [-0.3, -0.25) is 4.72 Å². The fourth-order valence-corrected chi connectivity index (χ4v) is 3.24. The summed E-state index contributed by atoms with van der Waals surface area (Å²) >= 11 is 0. The Bertz CT molecular complexity index is 864. The fraction of sp³-hybridized carbons (Fsp3) is 0.133. The third-order valence-corrected chi connectivity index (χ3v) is 4.53. The van der Waals surface area contributed by atoms with Crippen LogP contribution in [-0.2, 0) is 10.0 Å². The second-order valence-electron chi connectivity index (χ2n) is 4.74. The summed E-state index contributed by atoms with van der Waals surface area (Å²) < 4.78 is 45.5. The molecular weight excluding hydrogens is 325 g/mol. The Kier molecular flexibility index (Phi) is 4.55. The number of nitrogens with one attached hydrogen (secondary N) is 1. The average Bonchev–Trinajstić information content (AvgIpc) is 2.50. The predicted octanol–water partition coefficient (Wildman–Crippen LogP) is 2.64. The highest BCUT2D eigenvalue weighted by molar-refractivity contribution is 7.92. The minimum absolute atomic E-state index is 0.0171. The quantitative estimate of drug-likeness (QED) is 0.873. The molecule has 0 aliphatic heterocycles. The van der Waals surface area contributed by atoms with Gasteiger partial charge in [0.15, 0.2) is 0 Å². The van der Waals surface area contributed by atoms with E-state index < -0.39 is 21.8 Å². The van der Waals surface area contributed by atoms with E-state index in [-0.39, 0.29) is 21.9 Å². The Morgan fingerprint density at radius 1 is 1.22 bits per heavy atom. The summed E-state index contributed by atoms with van der Waals surface area (Å²) in [4.78, 5) is 10.7. The molecule has 0 amide bonds. The van der Waals surface area contributed by atoms with E-state index in [1.807, 2.05) is 0 Å². The zero-order valence-electron chi connectivity index (χ0n) is 12.3. The summed E-state index contributed by atoms with van der Waals surface area (Å²) in [5.41, 5.74) is 0.373. The molecule has 0 saturated heterocycles. The maximum absolute atomic E-state index is 13.3. The lowest BCUT2D eigenvalue weighted by molar-refractivity contribution is 0.0696. The molecule has 0 saturated carbocycles. The third-order valence-electron chi connectivity index (χ3n) is 3.14. The molecule has 0 aromatic heterocycles. The van der Waals surface area contributed by atoms with Crippen LogP contribution in [-0.4, -0.2) is 26.6 Å². The van der Waals surface area contributed by atoms with Gasteiger partial charge < -0.3 is 9.84 Å². The number of hydrogen-bond acceptors (Lipinski definition) is 4. The van der Waals surface area contributed by atoms with Crippen LogP contribution in [0.5, 0.6) is 5.75 Å². The number of methoxy groups -OCH3 is 1. The molecule has 0 spiro atoms. The number of rotatable bonds is 5. The minimum atomic E-state index is -4.16.